The number of hydrogen-bond acceptors (Lipinski definition) is 0. The first kappa shape index (κ1) is 5.62. The zero-order valence-corrected chi connectivity index (χ0v) is 6.55. The van der Waals surface area contributed by atoms with Gasteiger partial charge in [0.05, 0.1) is 0 Å². The van der Waals surface area contributed by atoms with Gasteiger partial charge in [-0.3, -0.25) is 0 Å². The van der Waals surface area contributed by atoms with Gasteiger partial charge in [-0.05, 0) is 62.2 Å². The van der Waals surface area contributed by atoms with Gasteiger partial charge in [0, 0.05) is 0 Å². The van der Waals surface area contributed by atoms with Crippen molar-refractivity contribution >= 4 is 0 Å². The monoisotopic (exact) mass is 136 g/mol. The molecule has 0 spiro atoms. The Morgan fingerprint density at radius 3 is 1.10 bits per heavy atom. The Morgan fingerprint density at radius 2 is 0.800 bits per heavy atom. The normalized spacial score (nSPS) is 57.6. The van der Waals surface area contributed by atoms with Gasteiger partial charge in [0.25, 0.3) is 0 Å². The van der Waals surface area contributed by atoms with E-state index in [1.807, 2.05) is 0 Å². The molecule has 0 nitrogen and oxygen atoms in total. The van der Waals surface area contributed by atoms with E-state index in [9.17, 15) is 0 Å². The van der Waals surface area contributed by atoms with Gasteiger partial charge in [0.15, 0.2) is 0 Å². The molecule has 0 saturated heterocycles. The standard InChI is InChI=1S/C10H16/c1-2-8-5-7(1)9-3-4-10(8)6-9/h7-10H,1-6H2/t7-,8-,9-,10-/m1/s1. The highest BCUT2D eigenvalue weighted by atomic mass is 14.5. The molecule has 0 aliphatic heterocycles. The molecule has 4 bridgehead atoms. The fourth-order valence-corrected chi connectivity index (χ4v) is 3.82. The topological polar surface area (TPSA) is 0 Å². The highest BCUT2D eigenvalue weighted by Crippen LogP contribution is 2.55. The van der Waals surface area contributed by atoms with Crippen molar-refractivity contribution in [2.24, 2.45) is 23.7 Å². The lowest BCUT2D eigenvalue weighted by atomic mass is 9.80. The summed E-state index contributed by atoms with van der Waals surface area (Å²) in [6.07, 6.45) is 9.60. The summed E-state index contributed by atoms with van der Waals surface area (Å²) in [6, 6.07) is 0. The summed E-state index contributed by atoms with van der Waals surface area (Å²) in [5.74, 6) is 4.74. The maximum atomic E-state index is 1.62. The fourth-order valence-electron chi connectivity index (χ4n) is 3.82. The fraction of sp³-hybridized carbons (Fsp3) is 1.00. The van der Waals surface area contributed by atoms with Crippen LogP contribution in [0.3, 0.4) is 0 Å². The lowest BCUT2D eigenvalue weighted by molar-refractivity contribution is 0.243. The molecule has 0 heteroatoms. The predicted octanol–water partition coefficient (Wildman–Crippen LogP) is 2.83. The summed E-state index contributed by atoms with van der Waals surface area (Å²) in [6.45, 7) is 0. The molecule has 10 heavy (non-hydrogen) atoms. The van der Waals surface area contributed by atoms with Gasteiger partial charge < -0.3 is 0 Å². The predicted molar refractivity (Wildman–Crippen MR) is 41.7 cm³/mol. The third kappa shape index (κ3) is 0.580. The van der Waals surface area contributed by atoms with Crippen LogP contribution in [0.25, 0.3) is 0 Å². The van der Waals surface area contributed by atoms with E-state index >= 15 is 0 Å². The van der Waals surface area contributed by atoms with Gasteiger partial charge >= 0.3 is 0 Å². The van der Waals surface area contributed by atoms with Crippen LogP contribution in [-0.4, -0.2) is 0 Å². The molecule has 0 aromatic rings. The van der Waals surface area contributed by atoms with Crippen LogP contribution in [0.5, 0.6) is 0 Å². The SMILES string of the molecule is C1C[C@@H]2C[C@@H]1[C@@H]1CC[C@@H]2C1. The first-order valence-corrected chi connectivity index (χ1v) is 4.93. The number of fused-ring (bicyclic) bond motifs is 6. The van der Waals surface area contributed by atoms with Gasteiger partial charge in [-0.2, -0.15) is 0 Å². The molecule has 0 heterocycles. The minimum atomic E-state index is 1.18. The van der Waals surface area contributed by atoms with Crippen molar-refractivity contribution in [1.29, 1.82) is 0 Å². The second-order valence-electron chi connectivity index (χ2n) is 4.67. The molecular formula is C10H16. The first-order chi connectivity index (χ1) is 4.93. The van der Waals surface area contributed by atoms with Crippen molar-refractivity contribution in [1.82, 2.24) is 0 Å². The Balaban J connectivity index is 1.94. The van der Waals surface area contributed by atoms with Crippen molar-refractivity contribution in [2.75, 3.05) is 0 Å². The van der Waals surface area contributed by atoms with Crippen molar-refractivity contribution in [3.63, 3.8) is 0 Å². The summed E-state index contributed by atoms with van der Waals surface area (Å²) in [7, 11) is 0. The molecule has 3 fully saturated rings. The Kier molecular flexibility index (Phi) is 1.00. The second-order valence-corrected chi connectivity index (χ2v) is 4.67. The van der Waals surface area contributed by atoms with Crippen LogP contribution < -0.4 is 0 Å². The van der Waals surface area contributed by atoms with Gasteiger partial charge in [0.2, 0.25) is 0 Å². The minimum absolute atomic E-state index is 1.18. The molecule has 4 atom stereocenters. The van der Waals surface area contributed by atoms with Gasteiger partial charge in [-0.25, -0.2) is 0 Å². The van der Waals surface area contributed by atoms with Crippen LogP contribution in [0.15, 0.2) is 0 Å². The third-order valence-electron chi connectivity index (χ3n) is 4.36. The van der Waals surface area contributed by atoms with E-state index in [0.29, 0.717) is 0 Å². The summed E-state index contributed by atoms with van der Waals surface area (Å²) in [5.41, 5.74) is 0. The van der Waals surface area contributed by atoms with E-state index in [1.165, 1.54) is 23.7 Å². The molecule has 0 amide bonds. The lowest BCUT2D eigenvalue weighted by Gasteiger charge is -2.25. The Bertz CT molecular complexity index is 116. The smallest absolute Gasteiger partial charge is 0.0383 e. The van der Waals surface area contributed by atoms with Crippen LogP contribution in [0.2, 0.25) is 0 Å². The Morgan fingerprint density at radius 1 is 0.500 bits per heavy atom. The highest BCUT2D eigenvalue weighted by molar-refractivity contribution is 4.95. The molecular weight excluding hydrogens is 120 g/mol. The lowest BCUT2D eigenvalue weighted by Crippen LogP contribution is -2.17. The van der Waals surface area contributed by atoms with Crippen LogP contribution in [0, 0.1) is 23.7 Å². The number of hydrogen-bond donors (Lipinski definition) is 0. The molecule has 3 aliphatic rings. The van der Waals surface area contributed by atoms with E-state index in [2.05, 4.69) is 0 Å². The van der Waals surface area contributed by atoms with E-state index < -0.39 is 0 Å². The summed E-state index contributed by atoms with van der Waals surface area (Å²) >= 11 is 0. The Hall–Kier alpha value is 0. The highest BCUT2D eigenvalue weighted by Gasteiger charge is 2.44. The molecule has 0 aromatic carbocycles. The molecule has 0 N–H and O–H groups in total. The second kappa shape index (κ2) is 1.78. The molecule has 0 aromatic heterocycles. The van der Waals surface area contributed by atoms with Crippen LogP contribution >= 0.6 is 0 Å². The molecule has 0 radical (unpaired) electrons. The molecule has 3 rings (SSSR count). The molecule has 56 valence electrons. The largest absolute Gasteiger partial charge is 0.0499 e. The molecule has 3 saturated carbocycles. The third-order valence-corrected chi connectivity index (χ3v) is 4.36. The number of rotatable bonds is 0. The summed E-state index contributed by atoms with van der Waals surface area (Å²) in [5, 5.41) is 0. The molecule has 0 unspecified atom stereocenters. The molecule has 3 aliphatic carbocycles. The van der Waals surface area contributed by atoms with E-state index in [0.717, 1.165) is 0 Å². The van der Waals surface area contributed by atoms with E-state index in [-0.39, 0.29) is 0 Å². The summed E-state index contributed by atoms with van der Waals surface area (Å²) < 4.78 is 0. The van der Waals surface area contributed by atoms with Crippen molar-refractivity contribution < 1.29 is 0 Å². The Labute approximate surface area is 63.0 Å². The summed E-state index contributed by atoms with van der Waals surface area (Å²) in [4.78, 5) is 0. The van der Waals surface area contributed by atoms with Crippen LogP contribution in [0.1, 0.15) is 38.5 Å². The average molecular weight is 136 g/mol. The van der Waals surface area contributed by atoms with Crippen molar-refractivity contribution in [3.05, 3.63) is 0 Å². The van der Waals surface area contributed by atoms with Crippen LogP contribution in [0.4, 0.5) is 0 Å². The van der Waals surface area contributed by atoms with Gasteiger partial charge in [-0.1, -0.05) is 0 Å². The van der Waals surface area contributed by atoms with Gasteiger partial charge in [0.1, 0.15) is 0 Å². The quantitative estimate of drug-likeness (QED) is 0.480. The first-order valence-electron chi connectivity index (χ1n) is 4.93. The zero-order valence-electron chi connectivity index (χ0n) is 6.55. The zero-order chi connectivity index (χ0) is 6.55. The maximum absolute atomic E-state index is 1.62. The van der Waals surface area contributed by atoms with Gasteiger partial charge in [-0.15, -0.1) is 0 Å². The van der Waals surface area contributed by atoms with Crippen LogP contribution in [-0.2, 0) is 0 Å². The van der Waals surface area contributed by atoms with Crippen molar-refractivity contribution in [3.8, 4) is 0 Å². The average Bonchev–Trinajstić information content (AvgIpc) is 2.41. The van der Waals surface area contributed by atoms with E-state index in [1.54, 1.807) is 38.5 Å². The minimum Gasteiger partial charge on any atom is -0.0499 e. The van der Waals surface area contributed by atoms with E-state index in [4.69, 9.17) is 0 Å². The maximum Gasteiger partial charge on any atom is -0.0383 e. The van der Waals surface area contributed by atoms with Crippen molar-refractivity contribution in [2.45, 2.75) is 38.5 Å².